The number of nitrogens with one attached hydrogen (secondary N) is 3. The van der Waals surface area contributed by atoms with E-state index >= 15 is 0 Å². The van der Waals surface area contributed by atoms with Crippen LogP contribution in [0.4, 0.5) is 16.0 Å². The Morgan fingerprint density at radius 3 is 2.31 bits per heavy atom. The molecule has 9 nitrogen and oxygen atoms in total. The van der Waals surface area contributed by atoms with Gasteiger partial charge in [-0.25, -0.2) is 4.98 Å². The van der Waals surface area contributed by atoms with Gasteiger partial charge in [-0.1, -0.05) is 38.1 Å². The van der Waals surface area contributed by atoms with E-state index in [2.05, 4.69) is 31.0 Å². The molecule has 10 heteroatoms. The van der Waals surface area contributed by atoms with E-state index in [0.717, 1.165) is 23.2 Å². The number of rotatable bonds is 6. The first-order chi connectivity index (χ1) is 17.2. The molecule has 1 aliphatic rings. The van der Waals surface area contributed by atoms with Crippen LogP contribution in [0.5, 0.6) is 5.75 Å². The van der Waals surface area contributed by atoms with E-state index < -0.39 is 0 Å². The third kappa shape index (κ3) is 10.2. The summed E-state index contributed by atoms with van der Waals surface area (Å²) in [6, 6.07) is 12.2. The Kier molecular flexibility index (Phi) is 11.5. The number of nitrogens with zero attached hydrogens (tertiary/aromatic N) is 2. The van der Waals surface area contributed by atoms with Gasteiger partial charge in [-0.05, 0) is 55.8 Å². The van der Waals surface area contributed by atoms with Crippen LogP contribution in [0.15, 0.2) is 53.2 Å². The molecule has 2 aromatic heterocycles. The van der Waals surface area contributed by atoms with Crippen LogP contribution < -0.4 is 20.9 Å². The van der Waals surface area contributed by atoms with Crippen LogP contribution in [-0.4, -0.2) is 42.5 Å². The Morgan fingerprint density at radius 1 is 1.17 bits per heavy atom. The first-order valence-electron chi connectivity index (χ1n) is 11.7. The van der Waals surface area contributed by atoms with Gasteiger partial charge < -0.3 is 20.5 Å². The van der Waals surface area contributed by atoms with Crippen molar-refractivity contribution in [1.82, 2.24) is 15.5 Å². The van der Waals surface area contributed by atoms with Gasteiger partial charge in [-0.3, -0.25) is 14.5 Å². The molecule has 0 radical (unpaired) electrons. The molecule has 0 saturated carbocycles. The lowest BCUT2D eigenvalue weighted by atomic mass is 9.93. The third-order valence-electron chi connectivity index (χ3n) is 5.05. The van der Waals surface area contributed by atoms with Crippen molar-refractivity contribution in [3.63, 3.8) is 0 Å². The van der Waals surface area contributed by atoms with Gasteiger partial charge in [0.15, 0.2) is 17.9 Å². The molecular formula is C26H34FN5O4. The highest BCUT2D eigenvalue weighted by atomic mass is 19.3. The van der Waals surface area contributed by atoms with Gasteiger partial charge in [0.1, 0.15) is 11.5 Å². The summed E-state index contributed by atoms with van der Waals surface area (Å²) < 4.78 is 16.6. The highest BCUT2D eigenvalue weighted by Crippen LogP contribution is 2.24. The Hall–Kier alpha value is -3.79. The molecule has 4 rings (SSSR count). The Morgan fingerprint density at radius 2 is 1.86 bits per heavy atom. The summed E-state index contributed by atoms with van der Waals surface area (Å²) in [4.78, 5) is 28.9. The molecule has 0 spiro atoms. The van der Waals surface area contributed by atoms with Crippen LogP contribution in [0, 0.1) is 0 Å². The summed E-state index contributed by atoms with van der Waals surface area (Å²) in [5, 5.41) is 12.9. The normalized spacial score (nSPS) is 12.4. The van der Waals surface area contributed by atoms with Crippen LogP contribution in [0.2, 0.25) is 0 Å². The number of aldehydes is 1. The zero-order chi connectivity index (χ0) is 26.4. The molecule has 1 aliphatic heterocycles. The summed E-state index contributed by atoms with van der Waals surface area (Å²) in [5.74, 6) is 1.08. The monoisotopic (exact) mass is 499 g/mol. The summed E-state index contributed by atoms with van der Waals surface area (Å²) in [6.45, 7) is 8.59. The second-order valence-corrected chi connectivity index (χ2v) is 9.07. The predicted octanol–water partition coefficient (Wildman–Crippen LogP) is 4.72. The maximum Gasteiger partial charge on any atom is 0.230 e. The minimum absolute atomic E-state index is 0.00870. The molecule has 3 N–H and O–H groups in total. The highest BCUT2D eigenvalue weighted by molar-refractivity contribution is 5.91. The third-order valence-corrected chi connectivity index (χ3v) is 5.05. The van der Waals surface area contributed by atoms with Gasteiger partial charge >= 0.3 is 0 Å². The van der Waals surface area contributed by atoms with Crippen molar-refractivity contribution in [1.29, 1.82) is 0 Å². The van der Waals surface area contributed by atoms with Crippen molar-refractivity contribution < 1.29 is 23.6 Å². The average Bonchev–Trinajstić information content (AvgIpc) is 3.60. The predicted molar refractivity (Wildman–Crippen MR) is 137 cm³/mol. The molecule has 1 aromatic carbocycles. The number of carbonyl (C=O) groups is 2. The van der Waals surface area contributed by atoms with Gasteiger partial charge in [-0.15, -0.1) is 0 Å². The maximum absolute atomic E-state index is 12.0. The molecule has 1 saturated heterocycles. The Balaban J connectivity index is 0.000000248. The van der Waals surface area contributed by atoms with E-state index in [1.54, 1.807) is 6.07 Å². The zero-order valence-corrected chi connectivity index (χ0v) is 21.1. The number of anilines is 2. The number of amides is 1. The van der Waals surface area contributed by atoms with Crippen molar-refractivity contribution in [2.45, 2.75) is 45.4 Å². The fraction of sp³-hybridized carbons (Fsp3) is 0.385. The number of hydrogen-bond acceptors (Lipinski definition) is 8. The summed E-state index contributed by atoms with van der Waals surface area (Å²) in [6.07, 6.45) is 4.79. The SMILES string of the molecule is C1CCNC1.CNc1ccc(CC(=O)Nc2cc(C(C)(C)C)on2)cc1.O=Cc1ccc(OF)cn1. The molecule has 194 valence electrons. The van der Waals surface area contributed by atoms with Gasteiger partial charge in [0, 0.05) is 28.7 Å². The lowest BCUT2D eigenvalue weighted by Crippen LogP contribution is -2.14. The molecule has 36 heavy (non-hydrogen) atoms. The minimum Gasteiger partial charge on any atom is -0.388 e. The van der Waals surface area contributed by atoms with Gasteiger partial charge in [0.25, 0.3) is 0 Å². The average molecular weight is 500 g/mol. The largest absolute Gasteiger partial charge is 0.388 e. The van der Waals surface area contributed by atoms with Gasteiger partial charge in [-0.2, -0.15) is 0 Å². The molecule has 1 fully saturated rings. The lowest BCUT2D eigenvalue weighted by molar-refractivity contribution is -0.115. The summed E-state index contributed by atoms with van der Waals surface area (Å²) >= 11 is 0. The van der Waals surface area contributed by atoms with Crippen LogP contribution in [0.25, 0.3) is 0 Å². The number of aromatic nitrogens is 2. The number of hydrogen-bond donors (Lipinski definition) is 3. The number of pyridine rings is 1. The highest BCUT2D eigenvalue weighted by Gasteiger charge is 2.20. The molecule has 0 unspecified atom stereocenters. The number of halogens is 1. The van der Waals surface area contributed by atoms with Crippen LogP contribution >= 0.6 is 0 Å². The molecule has 3 heterocycles. The molecular weight excluding hydrogens is 465 g/mol. The maximum atomic E-state index is 12.0. The van der Waals surface area contributed by atoms with E-state index in [0.29, 0.717) is 18.5 Å². The van der Waals surface area contributed by atoms with E-state index in [4.69, 9.17) is 4.52 Å². The fourth-order valence-corrected chi connectivity index (χ4v) is 2.98. The summed E-state index contributed by atoms with van der Waals surface area (Å²) in [5.41, 5.74) is 2.09. The van der Waals surface area contributed by atoms with Crippen molar-refractivity contribution in [3.05, 3.63) is 65.7 Å². The summed E-state index contributed by atoms with van der Waals surface area (Å²) in [7, 11) is 1.86. The lowest BCUT2D eigenvalue weighted by Gasteiger charge is -2.12. The van der Waals surface area contributed by atoms with Gasteiger partial charge in [0.05, 0.1) is 12.6 Å². The van der Waals surface area contributed by atoms with Crippen LogP contribution in [-0.2, 0) is 16.6 Å². The van der Waals surface area contributed by atoms with E-state index in [-0.39, 0.29) is 22.8 Å². The van der Waals surface area contributed by atoms with Crippen molar-refractivity contribution in [2.24, 2.45) is 0 Å². The fourth-order valence-electron chi connectivity index (χ4n) is 2.98. The zero-order valence-electron chi connectivity index (χ0n) is 21.1. The quantitative estimate of drug-likeness (QED) is 0.417. The Labute approximate surface area is 210 Å². The molecule has 0 aliphatic carbocycles. The first kappa shape index (κ1) is 28.4. The smallest absolute Gasteiger partial charge is 0.230 e. The van der Waals surface area contributed by atoms with E-state index in [1.807, 2.05) is 52.1 Å². The van der Waals surface area contributed by atoms with Crippen LogP contribution in [0.3, 0.4) is 0 Å². The second-order valence-electron chi connectivity index (χ2n) is 9.07. The minimum atomic E-state index is -0.126. The second kappa shape index (κ2) is 14.6. The standard InChI is InChI=1S/C16H21N3O2.C6H4FNO2.C4H9N/c1-16(2,3)13-10-14(19-21-13)18-15(20)9-11-5-7-12(17-4)8-6-11;7-10-6-2-1-5(4-9)8-3-6;1-2-4-5-3-1/h5-8,10,17H,9H2,1-4H3,(H,18,19,20);1-4H;5H,1-4H2. The molecule has 0 atom stereocenters. The van der Waals surface area contributed by atoms with Crippen LogP contribution in [0.1, 0.15) is 55.4 Å². The van der Waals surface area contributed by atoms with Crippen molar-refractivity contribution in [2.75, 3.05) is 30.8 Å². The van der Waals surface area contributed by atoms with Gasteiger partial charge in [0.2, 0.25) is 5.91 Å². The topological polar surface area (TPSA) is 118 Å². The first-order valence-corrected chi connectivity index (χ1v) is 11.7. The Bertz CT molecular complexity index is 1050. The molecule has 3 aromatic rings. The number of carbonyl (C=O) groups excluding carboxylic acids is 2. The number of benzene rings is 1. The van der Waals surface area contributed by atoms with Crippen molar-refractivity contribution in [3.8, 4) is 5.75 Å². The van der Waals surface area contributed by atoms with E-state index in [9.17, 15) is 14.1 Å². The molecule has 0 bridgehead atoms. The van der Waals surface area contributed by atoms with E-state index in [1.165, 1.54) is 38.1 Å². The van der Waals surface area contributed by atoms with Crippen molar-refractivity contribution >= 4 is 23.7 Å². The molecule has 1 amide bonds.